The van der Waals surface area contributed by atoms with Crippen molar-refractivity contribution in [3.8, 4) is 0 Å². The van der Waals surface area contributed by atoms with Gasteiger partial charge in [0.25, 0.3) is 0 Å². The zero-order valence-corrected chi connectivity index (χ0v) is 10.1. The summed E-state index contributed by atoms with van der Waals surface area (Å²) in [6, 6.07) is 9.45. The third-order valence-electron chi connectivity index (χ3n) is 2.73. The monoisotopic (exact) mass is 234 g/mol. The molecule has 92 valence electrons. The first-order valence-corrected chi connectivity index (χ1v) is 5.71. The summed E-state index contributed by atoms with van der Waals surface area (Å²) in [4.78, 5) is 22.8. The normalized spacial score (nSPS) is 13.8. The number of carbonyl (C=O) groups is 2. The Morgan fingerprint density at radius 3 is 2.35 bits per heavy atom. The average Bonchev–Trinajstić information content (AvgIpc) is 2.30. The third kappa shape index (κ3) is 3.59. The summed E-state index contributed by atoms with van der Waals surface area (Å²) >= 11 is 0. The Bertz CT molecular complexity index is 390. The number of hydrogen-bond donors (Lipinski definition) is 2. The lowest BCUT2D eigenvalue weighted by Gasteiger charge is -2.17. The number of amides is 2. The largest absolute Gasteiger partial charge is 0.369 e. The van der Waals surface area contributed by atoms with Crippen LogP contribution in [0.25, 0.3) is 0 Å². The lowest BCUT2D eigenvalue weighted by atomic mass is 10.0. The van der Waals surface area contributed by atoms with Crippen molar-refractivity contribution >= 4 is 11.8 Å². The summed E-state index contributed by atoms with van der Waals surface area (Å²) < 4.78 is 0. The molecular formula is C13H18N2O2. The number of rotatable bonds is 5. The summed E-state index contributed by atoms with van der Waals surface area (Å²) in [5.41, 5.74) is 6.16. The number of nitrogens with one attached hydrogen (secondary N) is 1. The molecule has 4 nitrogen and oxygen atoms in total. The van der Waals surface area contributed by atoms with E-state index >= 15 is 0 Å². The van der Waals surface area contributed by atoms with Gasteiger partial charge in [-0.15, -0.1) is 0 Å². The molecule has 0 heterocycles. The van der Waals surface area contributed by atoms with E-state index in [-0.39, 0.29) is 11.9 Å². The van der Waals surface area contributed by atoms with E-state index in [0.717, 1.165) is 5.56 Å². The SMILES string of the molecule is CCC(C(N)=O)C(=O)N[C@H](C)c1ccccc1. The smallest absolute Gasteiger partial charge is 0.233 e. The zero-order chi connectivity index (χ0) is 12.8. The summed E-state index contributed by atoms with van der Waals surface area (Å²) in [6.07, 6.45) is 0.419. The van der Waals surface area contributed by atoms with Gasteiger partial charge in [-0.1, -0.05) is 37.3 Å². The fourth-order valence-electron chi connectivity index (χ4n) is 1.65. The van der Waals surface area contributed by atoms with Crippen molar-refractivity contribution in [2.24, 2.45) is 11.7 Å². The molecule has 17 heavy (non-hydrogen) atoms. The van der Waals surface area contributed by atoms with Crippen LogP contribution in [0.15, 0.2) is 30.3 Å². The van der Waals surface area contributed by atoms with Gasteiger partial charge in [0.2, 0.25) is 11.8 Å². The van der Waals surface area contributed by atoms with Crippen molar-refractivity contribution in [1.29, 1.82) is 0 Å². The molecule has 1 unspecified atom stereocenters. The van der Waals surface area contributed by atoms with Crippen molar-refractivity contribution in [3.05, 3.63) is 35.9 Å². The van der Waals surface area contributed by atoms with Crippen LogP contribution in [0.2, 0.25) is 0 Å². The van der Waals surface area contributed by atoms with Crippen molar-refractivity contribution in [2.75, 3.05) is 0 Å². The molecule has 2 atom stereocenters. The summed E-state index contributed by atoms with van der Waals surface area (Å²) in [5, 5.41) is 2.79. The Hall–Kier alpha value is -1.84. The Kier molecular flexibility index (Phi) is 4.69. The van der Waals surface area contributed by atoms with Crippen LogP contribution in [-0.4, -0.2) is 11.8 Å². The number of nitrogens with two attached hydrogens (primary N) is 1. The van der Waals surface area contributed by atoms with Crippen molar-refractivity contribution in [3.63, 3.8) is 0 Å². The van der Waals surface area contributed by atoms with Crippen LogP contribution < -0.4 is 11.1 Å². The minimum atomic E-state index is -0.749. The fourth-order valence-corrected chi connectivity index (χ4v) is 1.65. The van der Waals surface area contributed by atoms with E-state index in [1.165, 1.54) is 0 Å². The zero-order valence-electron chi connectivity index (χ0n) is 10.1. The van der Waals surface area contributed by atoms with Gasteiger partial charge < -0.3 is 11.1 Å². The highest BCUT2D eigenvalue weighted by atomic mass is 16.2. The van der Waals surface area contributed by atoms with Crippen LogP contribution in [0.3, 0.4) is 0 Å². The van der Waals surface area contributed by atoms with Gasteiger partial charge in [0.1, 0.15) is 5.92 Å². The Balaban J connectivity index is 2.66. The first-order valence-electron chi connectivity index (χ1n) is 5.71. The van der Waals surface area contributed by atoms with Crippen LogP contribution in [-0.2, 0) is 9.59 Å². The molecule has 4 heteroatoms. The molecule has 3 N–H and O–H groups in total. The second-order valence-corrected chi connectivity index (χ2v) is 4.00. The highest BCUT2D eigenvalue weighted by Crippen LogP contribution is 2.12. The van der Waals surface area contributed by atoms with Crippen LogP contribution in [0.4, 0.5) is 0 Å². The van der Waals surface area contributed by atoms with E-state index in [4.69, 9.17) is 5.73 Å². The maximum Gasteiger partial charge on any atom is 0.233 e. The van der Waals surface area contributed by atoms with E-state index in [9.17, 15) is 9.59 Å². The standard InChI is InChI=1S/C13H18N2O2/c1-3-11(12(14)16)13(17)15-9(2)10-7-5-4-6-8-10/h4-9,11H,3H2,1-2H3,(H2,14,16)(H,15,17)/t9-,11?/m1/s1. The molecule has 0 saturated carbocycles. The highest BCUT2D eigenvalue weighted by molar-refractivity contribution is 5.99. The van der Waals surface area contributed by atoms with Crippen molar-refractivity contribution < 1.29 is 9.59 Å². The van der Waals surface area contributed by atoms with Crippen LogP contribution in [0, 0.1) is 5.92 Å². The lowest BCUT2D eigenvalue weighted by Crippen LogP contribution is -2.39. The summed E-state index contributed by atoms with van der Waals surface area (Å²) in [6.45, 7) is 3.64. The van der Waals surface area contributed by atoms with Gasteiger partial charge in [0.05, 0.1) is 6.04 Å². The Morgan fingerprint density at radius 1 is 1.29 bits per heavy atom. The van der Waals surface area contributed by atoms with E-state index in [1.807, 2.05) is 37.3 Å². The van der Waals surface area contributed by atoms with Gasteiger partial charge in [-0.05, 0) is 18.9 Å². The second-order valence-electron chi connectivity index (χ2n) is 4.00. The van der Waals surface area contributed by atoms with Crippen LogP contribution >= 0.6 is 0 Å². The molecule has 0 aromatic heterocycles. The molecule has 1 aromatic carbocycles. The predicted octanol–water partition coefficient (Wildman–Crippen LogP) is 1.38. The molecule has 0 saturated heterocycles. The molecule has 0 spiro atoms. The van der Waals surface area contributed by atoms with Gasteiger partial charge in [-0.2, -0.15) is 0 Å². The Labute approximate surface area is 101 Å². The lowest BCUT2D eigenvalue weighted by molar-refractivity contribution is -0.134. The highest BCUT2D eigenvalue weighted by Gasteiger charge is 2.23. The molecule has 1 aromatic rings. The Morgan fingerprint density at radius 2 is 1.88 bits per heavy atom. The molecule has 0 aliphatic rings. The van der Waals surface area contributed by atoms with E-state index in [0.29, 0.717) is 6.42 Å². The van der Waals surface area contributed by atoms with Crippen LogP contribution in [0.5, 0.6) is 0 Å². The first kappa shape index (κ1) is 13.2. The number of primary amides is 1. The average molecular weight is 234 g/mol. The second kappa shape index (κ2) is 6.03. The molecule has 0 radical (unpaired) electrons. The molecular weight excluding hydrogens is 216 g/mol. The summed E-state index contributed by atoms with van der Waals surface area (Å²) in [7, 11) is 0. The quantitative estimate of drug-likeness (QED) is 0.755. The van der Waals surface area contributed by atoms with Gasteiger partial charge in [-0.25, -0.2) is 0 Å². The maximum atomic E-state index is 11.8. The number of hydrogen-bond acceptors (Lipinski definition) is 2. The minimum absolute atomic E-state index is 0.128. The van der Waals surface area contributed by atoms with Crippen molar-refractivity contribution in [2.45, 2.75) is 26.3 Å². The predicted molar refractivity (Wildman–Crippen MR) is 66.0 cm³/mol. The first-order chi connectivity index (χ1) is 8.06. The van der Waals surface area contributed by atoms with E-state index < -0.39 is 11.8 Å². The molecule has 1 rings (SSSR count). The van der Waals surface area contributed by atoms with Crippen molar-refractivity contribution in [1.82, 2.24) is 5.32 Å². The maximum absolute atomic E-state index is 11.8. The van der Waals surface area contributed by atoms with E-state index in [1.54, 1.807) is 6.92 Å². The molecule has 0 fully saturated rings. The van der Waals surface area contributed by atoms with Crippen LogP contribution in [0.1, 0.15) is 31.9 Å². The summed E-state index contributed by atoms with van der Waals surface area (Å²) in [5.74, 6) is -1.64. The van der Waals surface area contributed by atoms with Gasteiger partial charge in [0, 0.05) is 0 Å². The number of carbonyl (C=O) groups excluding carboxylic acids is 2. The van der Waals surface area contributed by atoms with E-state index in [2.05, 4.69) is 5.32 Å². The molecule has 2 amide bonds. The number of benzene rings is 1. The molecule has 0 aliphatic heterocycles. The van der Waals surface area contributed by atoms with Gasteiger partial charge in [0.15, 0.2) is 0 Å². The molecule has 0 aliphatic carbocycles. The fraction of sp³-hybridized carbons (Fsp3) is 0.385. The molecule has 0 bridgehead atoms. The van der Waals surface area contributed by atoms with Gasteiger partial charge >= 0.3 is 0 Å². The third-order valence-corrected chi connectivity index (χ3v) is 2.73. The van der Waals surface area contributed by atoms with Gasteiger partial charge in [-0.3, -0.25) is 9.59 Å². The topological polar surface area (TPSA) is 72.2 Å². The minimum Gasteiger partial charge on any atom is -0.369 e.